The summed E-state index contributed by atoms with van der Waals surface area (Å²) in [6.07, 6.45) is 0. The van der Waals surface area contributed by atoms with Crippen LogP contribution in [-0.2, 0) is 0 Å². The molecule has 5 heteroatoms. The zero-order valence-corrected chi connectivity index (χ0v) is 8.73. The molecule has 0 aliphatic carbocycles. The van der Waals surface area contributed by atoms with E-state index < -0.39 is 17.5 Å². The first kappa shape index (κ1) is 9.14. The van der Waals surface area contributed by atoms with Gasteiger partial charge in [-0.05, 0) is 0 Å². The zero-order chi connectivity index (χ0) is 8.43. The van der Waals surface area contributed by atoms with E-state index >= 15 is 0 Å². The second-order valence-corrected chi connectivity index (χ2v) is 5.06. The van der Waals surface area contributed by atoms with E-state index in [-0.39, 0.29) is 17.6 Å². The fourth-order valence-corrected chi connectivity index (χ4v) is 2.74. The van der Waals surface area contributed by atoms with Gasteiger partial charge in [-0.15, -0.1) is 0 Å². The van der Waals surface area contributed by atoms with Gasteiger partial charge in [0.2, 0.25) is 0 Å². The van der Waals surface area contributed by atoms with Crippen LogP contribution < -0.4 is 4.46 Å². The summed E-state index contributed by atoms with van der Waals surface area (Å²) in [6.45, 7) is 0. The molecule has 0 fully saturated rings. The molecule has 0 heterocycles. The molecule has 11 heavy (non-hydrogen) atoms. The van der Waals surface area contributed by atoms with Crippen LogP contribution in [0.15, 0.2) is 12.1 Å². The Kier molecular flexibility index (Phi) is 3.02. The Labute approximate surface area is 74.7 Å². The Balaban J connectivity index is 3.25. The van der Waals surface area contributed by atoms with Crippen LogP contribution in [0.5, 0.6) is 0 Å². The maximum absolute atomic E-state index is 12.7. The van der Waals surface area contributed by atoms with Crippen molar-refractivity contribution in [1.29, 1.82) is 0 Å². The summed E-state index contributed by atoms with van der Waals surface area (Å²) in [6, 6.07) is 2.19. The first-order valence-corrected chi connectivity index (χ1v) is 8.22. The minimum atomic E-state index is -1.38. The quantitative estimate of drug-likeness (QED) is 0.514. The van der Waals surface area contributed by atoms with Crippen molar-refractivity contribution in [3.05, 3.63) is 29.6 Å². The number of hydrogen-bond donors (Lipinski definition) is 0. The van der Waals surface area contributed by atoms with Gasteiger partial charge < -0.3 is 0 Å². The molecule has 0 atom stereocenters. The normalized spacial score (nSPS) is 10.2. The van der Waals surface area contributed by atoms with Gasteiger partial charge in [0, 0.05) is 0 Å². The van der Waals surface area contributed by atoms with Crippen LogP contribution in [0.2, 0.25) is 0 Å². The van der Waals surface area contributed by atoms with Gasteiger partial charge in [-0.3, -0.25) is 0 Å². The standard InChI is InChI=1S/C6H3F3Se2/c7-3-1-2-4(11-10)6(9)5(3)8/h1-2,10H. The fourth-order valence-electron chi connectivity index (χ4n) is 0.579. The summed E-state index contributed by atoms with van der Waals surface area (Å²) in [4.78, 5) is 0. The summed E-state index contributed by atoms with van der Waals surface area (Å²) in [5.74, 6) is -3.58. The van der Waals surface area contributed by atoms with Crippen molar-refractivity contribution in [2.75, 3.05) is 0 Å². The number of hydrogen-bond acceptors (Lipinski definition) is 0. The Morgan fingerprint density at radius 2 is 1.73 bits per heavy atom. The van der Waals surface area contributed by atoms with Gasteiger partial charge in [-0.25, -0.2) is 0 Å². The topological polar surface area (TPSA) is 0 Å². The van der Waals surface area contributed by atoms with Crippen LogP contribution in [0.1, 0.15) is 0 Å². The third kappa shape index (κ3) is 1.79. The van der Waals surface area contributed by atoms with Crippen LogP contribution >= 0.6 is 0 Å². The van der Waals surface area contributed by atoms with Crippen molar-refractivity contribution >= 4 is 31.8 Å². The molecule has 1 aromatic carbocycles. The SMILES string of the molecule is Fc1ccc([Se][SeH])c(F)c1F. The van der Waals surface area contributed by atoms with E-state index in [1.807, 2.05) is 0 Å². The van der Waals surface area contributed by atoms with Crippen molar-refractivity contribution in [3.63, 3.8) is 0 Å². The molecule has 0 saturated carbocycles. The van der Waals surface area contributed by atoms with Gasteiger partial charge in [0.25, 0.3) is 0 Å². The molecule has 0 aliphatic heterocycles. The fraction of sp³-hybridized carbons (Fsp3) is 0. The van der Waals surface area contributed by atoms with Gasteiger partial charge in [-0.1, -0.05) is 0 Å². The summed E-state index contributed by atoms with van der Waals surface area (Å²) in [5, 5.41) is 0. The Morgan fingerprint density at radius 3 is 2.27 bits per heavy atom. The molecule has 1 aromatic rings. The van der Waals surface area contributed by atoms with Crippen molar-refractivity contribution in [2.24, 2.45) is 0 Å². The van der Waals surface area contributed by atoms with Crippen LogP contribution in [0.25, 0.3) is 0 Å². The number of rotatable bonds is 1. The van der Waals surface area contributed by atoms with Crippen molar-refractivity contribution in [3.8, 4) is 0 Å². The average molecular weight is 290 g/mol. The summed E-state index contributed by atoms with van der Waals surface area (Å²) in [7, 11) is 0. The van der Waals surface area contributed by atoms with Crippen molar-refractivity contribution < 1.29 is 13.2 Å². The third-order valence-corrected chi connectivity index (χ3v) is 4.32. The molecule has 0 N–H and O–H groups in total. The monoisotopic (exact) mass is 292 g/mol. The molecule has 0 amide bonds. The second-order valence-electron chi connectivity index (χ2n) is 1.76. The number of benzene rings is 1. The molecule has 0 unspecified atom stereocenters. The zero-order valence-electron chi connectivity index (χ0n) is 5.14. The van der Waals surface area contributed by atoms with Crippen LogP contribution in [0, 0.1) is 17.5 Å². The van der Waals surface area contributed by atoms with Crippen LogP contribution in [-0.4, -0.2) is 27.3 Å². The summed E-state index contributed by atoms with van der Waals surface area (Å²) < 4.78 is 37.6. The van der Waals surface area contributed by atoms with E-state index in [4.69, 9.17) is 0 Å². The van der Waals surface area contributed by atoms with Crippen LogP contribution in [0.4, 0.5) is 13.2 Å². The summed E-state index contributed by atoms with van der Waals surface area (Å²) in [5.41, 5.74) is 0. The van der Waals surface area contributed by atoms with Gasteiger partial charge in [-0.2, -0.15) is 0 Å². The van der Waals surface area contributed by atoms with Gasteiger partial charge >= 0.3 is 74.5 Å². The van der Waals surface area contributed by atoms with Gasteiger partial charge in [0.15, 0.2) is 0 Å². The molecular formula is C6H3F3Se2. The van der Waals surface area contributed by atoms with E-state index in [1.165, 1.54) is 6.07 Å². The minimum absolute atomic E-state index is 0.203. The predicted molar refractivity (Wildman–Crippen MR) is 38.9 cm³/mol. The molecule has 1 rings (SSSR count). The average Bonchev–Trinajstić information content (AvgIpc) is 2.01. The van der Waals surface area contributed by atoms with Crippen molar-refractivity contribution in [2.45, 2.75) is 0 Å². The first-order chi connectivity index (χ1) is 5.16. The number of halogens is 3. The third-order valence-electron chi connectivity index (χ3n) is 1.10. The molecular weight excluding hydrogens is 287 g/mol. The Bertz CT molecular complexity index is 275. The molecule has 0 saturated heterocycles. The van der Waals surface area contributed by atoms with Gasteiger partial charge in [0.05, 0.1) is 0 Å². The van der Waals surface area contributed by atoms with E-state index in [0.717, 1.165) is 6.07 Å². The van der Waals surface area contributed by atoms with E-state index in [0.29, 0.717) is 0 Å². The van der Waals surface area contributed by atoms with Crippen molar-refractivity contribution in [1.82, 2.24) is 0 Å². The summed E-state index contributed by atoms with van der Waals surface area (Å²) >= 11 is 1.96. The molecule has 0 spiro atoms. The molecule has 0 radical (unpaired) electrons. The Morgan fingerprint density at radius 1 is 1.09 bits per heavy atom. The molecule has 60 valence electrons. The molecule has 0 bridgehead atoms. The van der Waals surface area contributed by atoms with E-state index in [1.54, 1.807) is 0 Å². The van der Waals surface area contributed by atoms with E-state index in [2.05, 4.69) is 14.2 Å². The van der Waals surface area contributed by atoms with Gasteiger partial charge in [0.1, 0.15) is 0 Å². The maximum atomic E-state index is 12.7. The Hall–Kier alpha value is 0.0490. The second kappa shape index (κ2) is 3.63. The molecule has 0 nitrogen and oxygen atoms in total. The molecule has 0 aromatic heterocycles. The first-order valence-electron chi connectivity index (χ1n) is 2.61. The van der Waals surface area contributed by atoms with Crippen LogP contribution in [0.3, 0.4) is 0 Å². The molecule has 0 aliphatic rings. The van der Waals surface area contributed by atoms with E-state index in [9.17, 15) is 13.2 Å². The predicted octanol–water partition coefficient (Wildman–Crippen LogP) is 0.249.